The van der Waals surface area contributed by atoms with Gasteiger partial charge in [0, 0.05) is 6.42 Å². The Morgan fingerprint density at radius 1 is 1.19 bits per heavy atom. The third-order valence-electron chi connectivity index (χ3n) is 5.31. The van der Waals surface area contributed by atoms with Crippen LogP contribution in [0.4, 0.5) is 5.00 Å². The summed E-state index contributed by atoms with van der Waals surface area (Å²) in [4.78, 5) is 24.7. The highest BCUT2D eigenvalue weighted by Crippen LogP contribution is 2.33. The maximum atomic E-state index is 12.3. The lowest BCUT2D eigenvalue weighted by Crippen LogP contribution is -2.15. The molecule has 6 nitrogen and oxygen atoms in total. The summed E-state index contributed by atoms with van der Waals surface area (Å²) in [6, 6.07) is 10.1. The van der Waals surface area contributed by atoms with Gasteiger partial charge in [-0.3, -0.25) is 4.79 Å². The molecule has 0 radical (unpaired) electrons. The van der Waals surface area contributed by atoms with E-state index in [1.54, 1.807) is 13.8 Å². The van der Waals surface area contributed by atoms with Crippen molar-refractivity contribution in [3.63, 3.8) is 0 Å². The van der Waals surface area contributed by atoms with Gasteiger partial charge in [-0.05, 0) is 55.4 Å². The van der Waals surface area contributed by atoms with Gasteiger partial charge in [0.25, 0.3) is 0 Å². The molecule has 0 saturated heterocycles. The van der Waals surface area contributed by atoms with E-state index in [-0.39, 0.29) is 24.3 Å². The van der Waals surface area contributed by atoms with E-state index < -0.39 is 5.97 Å². The Bertz CT molecular complexity index is 955. The molecule has 0 aliphatic rings. The van der Waals surface area contributed by atoms with E-state index in [4.69, 9.17) is 9.47 Å². The molecule has 2 aromatic rings. The lowest BCUT2D eigenvalue weighted by Gasteiger charge is -2.23. The minimum Gasteiger partial charge on any atom is -0.494 e. The fourth-order valence-electron chi connectivity index (χ4n) is 2.95. The highest BCUT2D eigenvalue weighted by atomic mass is 32.1. The number of esters is 1. The van der Waals surface area contributed by atoms with E-state index in [0.717, 1.165) is 23.5 Å². The third kappa shape index (κ3) is 6.31. The second-order valence-corrected chi connectivity index (χ2v) is 8.88. The second kappa shape index (κ2) is 11.0. The zero-order valence-corrected chi connectivity index (χ0v) is 19.6. The molecule has 1 amide bonds. The van der Waals surface area contributed by atoms with E-state index in [2.05, 4.69) is 44.3 Å². The summed E-state index contributed by atoms with van der Waals surface area (Å²) in [6.07, 6.45) is 1.84. The van der Waals surface area contributed by atoms with E-state index in [0.29, 0.717) is 34.0 Å². The van der Waals surface area contributed by atoms with Gasteiger partial charge in [-0.25, -0.2) is 4.79 Å². The summed E-state index contributed by atoms with van der Waals surface area (Å²) in [5.41, 5.74) is 2.22. The van der Waals surface area contributed by atoms with Crippen molar-refractivity contribution in [1.82, 2.24) is 0 Å². The monoisotopic (exact) mass is 442 g/mol. The fraction of sp³-hybridized carbons (Fsp3) is 0.458. The molecule has 7 heteroatoms. The summed E-state index contributed by atoms with van der Waals surface area (Å²) in [5, 5.41) is 12.5. The molecule has 0 unspecified atom stereocenters. The van der Waals surface area contributed by atoms with Crippen LogP contribution in [-0.2, 0) is 14.9 Å². The molecule has 166 valence electrons. The van der Waals surface area contributed by atoms with Crippen molar-refractivity contribution in [2.24, 2.45) is 0 Å². The van der Waals surface area contributed by atoms with Gasteiger partial charge in [0.1, 0.15) is 21.7 Å². The predicted molar refractivity (Wildman–Crippen MR) is 123 cm³/mol. The predicted octanol–water partition coefficient (Wildman–Crippen LogP) is 5.59. The minimum absolute atomic E-state index is 0.131. The molecule has 2 rings (SSSR count). The van der Waals surface area contributed by atoms with Crippen LogP contribution in [0, 0.1) is 18.3 Å². The Balaban J connectivity index is 1.87. The van der Waals surface area contributed by atoms with Crippen LogP contribution in [0.3, 0.4) is 0 Å². The third-order valence-corrected chi connectivity index (χ3v) is 6.50. The lowest BCUT2D eigenvalue weighted by atomic mass is 9.82. The number of benzene rings is 1. The Labute approximate surface area is 188 Å². The molecule has 0 fully saturated rings. The topological polar surface area (TPSA) is 88.4 Å². The SMILES string of the molecule is CCOC(=O)c1sc(NC(=O)CCCOc2ccc(C(C)(C)CC)cc2)c(C#N)c1C. The highest BCUT2D eigenvalue weighted by molar-refractivity contribution is 7.18. The number of ether oxygens (including phenoxy) is 2. The van der Waals surface area contributed by atoms with Gasteiger partial charge in [0.05, 0.1) is 18.8 Å². The number of nitrogens with one attached hydrogen (secondary N) is 1. The van der Waals surface area contributed by atoms with Crippen LogP contribution in [-0.4, -0.2) is 25.1 Å². The number of thiophene rings is 1. The smallest absolute Gasteiger partial charge is 0.348 e. The Kier molecular flexibility index (Phi) is 8.64. The van der Waals surface area contributed by atoms with E-state index in [1.165, 1.54) is 5.56 Å². The molecular weight excluding hydrogens is 412 g/mol. The van der Waals surface area contributed by atoms with Crippen molar-refractivity contribution in [3.8, 4) is 11.8 Å². The highest BCUT2D eigenvalue weighted by Gasteiger charge is 2.22. The number of amides is 1. The minimum atomic E-state index is -0.483. The number of hydrogen-bond acceptors (Lipinski definition) is 6. The average Bonchev–Trinajstić information content (AvgIpc) is 3.06. The zero-order chi connectivity index (χ0) is 23.0. The van der Waals surface area contributed by atoms with Crippen LogP contribution in [0.25, 0.3) is 0 Å². The van der Waals surface area contributed by atoms with Crippen LogP contribution in [0.1, 0.15) is 73.3 Å². The van der Waals surface area contributed by atoms with Crippen molar-refractivity contribution in [3.05, 3.63) is 45.8 Å². The molecule has 0 atom stereocenters. The molecular formula is C24H30N2O4S. The number of rotatable bonds is 10. The number of anilines is 1. The average molecular weight is 443 g/mol. The summed E-state index contributed by atoms with van der Waals surface area (Å²) in [5.74, 6) is 0.0660. The number of nitrogens with zero attached hydrogens (tertiary/aromatic N) is 1. The summed E-state index contributed by atoms with van der Waals surface area (Å²) < 4.78 is 10.8. The van der Waals surface area contributed by atoms with Crippen molar-refractivity contribution in [2.45, 2.75) is 59.3 Å². The first kappa shape index (κ1) is 24.4. The molecule has 0 saturated carbocycles. The molecule has 0 aliphatic carbocycles. The van der Waals surface area contributed by atoms with Gasteiger partial charge in [0.2, 0.25) is 5.91 Å². The number of hydrogen-bond donors (Lipinski definition) is 1. The first-order valence-corrected chi connectivity index (χ1v) is 11.3. The van der Waals surface area contributed by atoms with Gasteiger partial charge in [-0.1, -0.05) is 32.9 Å². The van der Waals surface area contributed by atoms with E-state index in [9.17, 15) is 14.9 Å². The van der Waals surface area contributed by atoms with Crippen molar-refractivity contribution in [1.29, 1.82) is 5.26 Å². The van der Waals surface area contributed by atoms with Crippen LogP contribution >= 0.6 is 11.3 Å². The fourth-order valence-corrected chi connectivity index (χ4v) is 4.01. The van der Waals surface area contributed by atoms with Gasteiger partial charge in [-0.2, -0.15) is 5.26 Å². The van der Waals surface area contributed by atoms with Crippen LogP contribution < -0.4 is 10.1 Å². The van der Waals surface area contributed by atoms with Crippen LogP contribution in [0.15, 0.2) is 24.3 Å². The lowest BCUT2D eigenvalue weighted by molar-refractivity contribution is -0.116. The number of carbonyl (C=O) groups is 2. The molecule has 1 aromatic carbocycles. The molecule has 1 heterocycles. The largest absolute Gasteiger partial charge is 0.494 e. The maximum Gasteiger partial charge on any atom is 0.348 e. The summed E-state index contributed by atoms with van der Waals surface area (Å²) >= 11 is 1.07. The number of nitriles is 1. The van der Waals surface area contributed by atoms with Crippen molar-refractivity contribution >= 4 is 28.2 Å². The van der Waals surface area contributed by atoms with Gasteiger partial charge in [0.15, 0.2) is 0 Å². The van der Waals surface area contributed by atoms with Crippen LogP contribution in [0.5, 0.6) is 5.75 Å². The quantitative estimate of drug-likeness (QED) is 0.383. The van der Waals surface area contributed by atoms with Gasteiger partial charge in [-0.15, -0.1) is 11.3 Å². The first-order valence-electron chi connectivity index (χ1n) is 10.5. The first-order chi connectivity index (χ1) is 14.7. The molecule has 0 bridgehead atoms. The zero-order valence-electron chi connectivity index (χ0n) is 18.8. The van der Waals surface area contributed by atoms with Crippen LogP contribution in [0.2, 0.25) is 0 Å². The van der Waals surface area contributed by atoms with Crippen molar-refractivity contribution in [2.75, 3.05) is 18.5 Å². The van der Waals surface area contributed by atoms with E-state index in [1.807, 2.05) is 12.1 Å². The van der Waals surface area contributed by atoms with Gasteiger partial charge < -0.3 is 14.8 Å². The molecule has 0 spiro atoms. The molecule has 31 heavy (non-hydrogen) atoms. The Morgan fingerprint density at radius 2 is 1.87 bits per heavy atom. The Hall–Kier alpha value is -2.85. The normalized spacial score (nSPS) is 11.0. The van der Waals surface area contributed by atoms with E-state index >= 15 is 0 Å². The molecule has 0 aliphatic heterocycles. The standard InChI is InChI=1S/C24H30N2O4S/c1-6-24(4,5)17-10-12-18(13-11-17)30-14-8-9-20(27)26-22-19(15-25)16(3)21(31-22)23(28)29-7-2/h10-13H,6-9,14H2,1-5H3,(H,26,27). The molecule has 1 N–H and O–H groups in total. The number of carbonyl (C=O) groups excluding carboxylic acids is 2. The Morgan fingerprint density at radius 3 is 2.45 bits per heavy atom. The second-order valence-electron chi connectivity index (χ2n) is 7.85. The van der Waals surface area contributed by atoms with Gasteiger partial charge >= 0.3 is 5.97 Å². The molecule has 1 aromatic heterocycles. The summed E-state index contributed by atoms with van der Waals surface area (Å²) in [6.45, 7) is 10.7. The maximum absolute atomic E-state index is 12.3. The summed E-state index contributed by atoms with van der Waals surface area (Å²) in [7, 11) is 0. The van der Waals surface area contributed by atoms with Crippen molar-refractivity contribution < 1.29 is 19.1 Å².